The third-order valence-corrected chi connectivity index (χ3v) is 4.73. The van der Waals surface area contributed by atoms with Crippen LogP contribution < -0.4 is 10.6 Å². The number of nitrogens with zero attached hydrogens (tertiary/aromatic N) is 3. The standard InChI is InChI=1S/C16H24N4O/c1-11(2)19-7-9-20(10-8-19)13-6-4-5-12-14(13)15(17)18(3)16(12)21/h4-6,11,15H,7-10,17H2,1-3H3. The third-order valence-electron chi connectivity index (χ3n) is 4.73. The zero-order valence-electron chi connectivity index (χ0n) is 13.0. The van der Waals surface area contributed by atoms with Crippen LogP contribution in [0.1, 0.15) is 35.9 Å². The van der Waals surface area contributed by atoms with E-state index >= 15 is 0 Å². The number of fused-ring (bicyclic) bond motifs is 1. The predicted molar refractivity (Wildman–Crippen MR) is 84.4 cm³/mol. The van der Waals surface area contributed by atoms with Crippen molar-refractivity contribution in [3.8, 4) is 0 Å². The van der Waals surface area contributed by atoms with E-state index in [1.807, 2.05) is 12.1 Å². The summed E-state index contributed by atoms with van der Waals surface area (Å²) in [6.45, 7) is 8.55. The molecule has 1 fully saturated rings. The Kier molecular flexibility index (Phi) is 3.63. The summed E-state index contributed by atoms with van der Waals surface area (Å²) < 4.78 is 0. The number of amides is 1. The van der Waals surface area contributed by atoms with Crippen molar-refractivity contribution in [2.24, 2.45) is 5.73 Å². The van der Waals surface area contributed by atoms with Crippen LogP contribution in [0.25, 0.3) is 0 Å². The van der Waals surface area contributed by atoms with Crippen LogP contribution in [-0.4, -0.2) is 55.0 Å². The first-order valence-electron chi connectivity index (χ1n) is 7.65. The Balaban J connectivity index is 1.87. The molecule has 5 heteroatoms. The smallest absolute Gasteiger partial charge is 0.255 e. The van der Waals surface area contributed by atoms with Crippen LogP contribution in [0.3, 0.4) is 0 Å². The van der Waals surface area contributed by atoms with Crippen LogP contribution in [0.2, 0.25) is 0 Å². The van der Waals surface area contributed by atoms with Gasteiger partial charge in [0.25, 0.3) is 5.91 Å². The average molecular weight is 288 g/mol. The number of hydrogen-bond acceptors (Lipinski definition) is 4. The van der Waals surface area contributed by atoms with Gasteiger partial charge in [-0.2, -0.15) is 0 Å². The number of piperazine rings is 1. The zero-order valence-corrected chi connectivity index (χ0v) is 13.0. The fourth-order valence-electron chi connectivity index (χ4n) is 3.32. The van der Waals surface area contributed by atoms with Crippen molar-refractivity contribution < 1.29 is 4.79 Å². The van der Waals surface area contributed by atoms with Crippen molar-refractivity contribution in [1.82, 2.24) is 9.80 Å². The molecular weight excluding hydrogens is 264 g/mol. The molecule has 0 radical (unpaired) electrons. The second-order valence-electron chi connectivity index (χ2n) is 6.22. The fourth-order valence-corrected chi connectivity index (χ4v) is 3.32. The van der Waals surface area contributed by atoms with Crippen LogP contribution in [0, 0.1) is 0 Å². The molecule has 21 heavy (non-hydrogen) atoms. The van der Waals surface area contributed by atoms with E-state index in [2.05, 4.69) is 29.7 Å². The lowest BCUT2D eigenvalue weighted by molar-refractivity contribution is 0.0778. The molecule has 0 spiro atoms. The lowest BCUT2D eigenvalue weighted by atomic mass is 10.0. The molecule has 0 aromatic heterocycles. The van der Waals surface area contributed by atoms with Gasteiger partial charge in [-0.3, -0.25) is 9.69 Å². The molecule has 0 saturated carbocycles. The number of benzene rings is 1. The van der Waals surface area contributed by atoms with Crippen molar-refractivity contribution >= 4 is 11.6 Å². The lowest BCUT2D eigenvalue weighted by Crippen LogP contribution is -2.49. The third kappa shape index (κ3) is 2.30. The molecule has 2 heterocycles. The van der Waals surface area contributed by atoms with Crippen LogP contribution >= 0.6 is 0 Å². The van der Waals surface area contributed by atoms with Crippen LogP contribution in [-0.2, 0) is 0 Å². The van der Waals surface area contributed by atoms with Crippen molar-refractivity contribution in [2.75, 3.05) is 38.1 Å². The van der Waals surface area contributed by atoms with Gasteiger partial charge in [-0.15, -0.1) is 0 Å². The molecule has 1 aromatic carbocycles. The van der Waals surface area contributed by atoms with Gasteiger partial charge in [0.2, 0.25) is 0 Å². The minimum atomic E-state index is -0.327. The second kappa shape index (κ2) is 5.31. The quantitative estimate of drug-likeness (QED) is 0.890. The van der Waals surface area contributed by atoms with Gasteiger partial charge in [-0.1, -0.05) is 6.07 Å². The first-order chi connectivity index (χ1) is 10.0. The SMILES string of the molecule is CC(C)N1CCN(c2cccc3c2C(N)N(C)C3=O)CC1. The summed E-state index contributed by atoms with van der Waals surface area (Å²) in [6, 6.07) is 6.53. The number of carbonyl (C=O) groups is 1. The normalized spacial score (nSPS) is 23.1. The molecule has 2 N–H and O–H groups in total. The van der Waals surface area contributed by atoms with Crippen LogP contribution in [0.5, 0.6) is 0 Å². The average Bonchev–Trinajstić information content (AvgIpc) is 2.72. The summed E-state index contributed by atoms with van der Waals surface area (Å²) in [6.07, 6.45) is -0.327. The van der Waals surface area contributed by atoms with E-state index in [1.54, 1.807) is 11.9 Å². The molecule has 1 amide bonds. The molecule has 114 valence electrons. The molecule has 2 aliphatic rings. The van der Waals surface area contributed by atoms with E-state index in [0.29, 0.717) is 6.04 Å². The summed E-state index contributed by atoms with van der Waals surface area (Å²) in [4.78, 5) is 18.7. The van der Waals surface area contributed by atoms with Crippen LogP contribution in [0.4, 0.5) is 5.69 Å². The first kappa shape index (κ1) is 14.4. The molecule has 0 aliphatic carbocycles. The van der Waals surface area contributed by atoms with E-state index in [1.165, 1.54) is 0 Å². The minimum absolute atomic E-state index is 0.0279. The molecule has 1 aromatic rings. The number of hydrogen-bond donors (Lipinski definition) is 1. The van der Waals surface area contributed by atoms with Crippen molar-refractivity contribution in [3.63, 3.8) is 0 Å². The Hall–Kier alpha value is -1.59. The molecule has 1 unspecified atom stereocenters. The van der Waals surface area contributed by atoms with E-state index < -0.39 is 0 Å². The molecule has 1 atom stereocenters. The van der Waals surface area contributed by atoms with Crippen molar-refractivity contribution in [1.29, 1.82) is 0 Å². The number of rotatable bonds is 2. The molecule has 5 nitrogen and oxygen atoms in total. The van der Waals surface area contributed by atoms with Crippen molar-refractivity contribution in [2.45, 2.75) is 26.1 Å². The summed E-state index contributed by atoms with van der Waals surface area (Å²) in [5.74, 6) is 0.0279. The minimum Gasteiger partial charge on any atom is -0.369 e. The maximum absolute atomic E-state index is 12.2. The summed E-state index contributed by atoms with van der Waals surface area (Å²) >= 11 is 0. The zero-order chi connectivity index (χ0) is 15.1. The van der Waals surface area contributed by atoms with Gasteiger partial charge in [0.1, 0.15) is 6.17 Å². The highest BCUT2D eigenvalue weighted by Crippen LogP contribution is 2.36. The second-order valence-corrected chi connectivity index (χ2v) is 6.22. The van der Waals surface area contributed by atoms with Gasteiger partial charge in [-0.25, -0.2) is 0 Å². The summed E-state index contributed by atoms with van der Waals surface area (Å²) in [5, 5.41) is 0. The largest absolute Gasteiger partial charge is 0.369 e. The maximum Gasteiger partial charge on any atom is 0.255 e. The van der Waals surface area contributed by atoms with E-state index in [4.69, 9.17) is 5.73 Å². The topological polar surface area (TPSA) is 52.8 Å². The highest BCUT2D eigenvalue weighted by molar-refractivity contribution is 6.00. The van der Waals surface area contributed by atoms with Gasteiger partial charge in [0.15, 0.2) is 0 Å². The molecule has 0 bridgehead atoms. The molecule has 3 rings (SSSR count). The van der Waals surface area contributed by atoms with Crippen LogP contribution in [0.15, 0.2) is 18.2 Å². The summed E-state index contributed by atoms with van der Waals surface area (Å²) in [7, 11) is 1.77. The van der Waals surface area contributed by atoms with Gasteiger partial charge in [-0.05, 0) is 26.0 Å². The van der Waals surface area contributed by atoms with E-state index in [-0.39, 0.29) is 12.1 Å². The van der Waals surface area contributed by atoms with Gasteiger partial charge in [0, 0.05) is 56.1 Å². The Bertz CT molecular complexity index is 549. The highest BCUT2D eigenvalue weighted by Gasteiger charge is 2.35. The van der Waals surface area contributed by atoms with E-state index in [0.717, 1.165) is 43.0 Å². The number of anilines is 1. The molecule has 1 saturated heterocycles. The molecule has 2 aliphatic heterocycles. The summed E-state index contributed by atoms with van der Waals surface area (Å²) in [5.41, 5.74) is 9.10. The van der Waals surface area contributed by atoms with Crippen molar-refractivity contribution in [3.05, 3.63) is 29.3 Å². The first-order valence-corrected chi connectivity index (χ1v) is 7.65. The number of carbonyl (C=O) groups excluding carboxylic acids is 1. The number of nitrogens with two attached hydrogens (primary N) is 1. The fraction of sp³-hybridized carbons (Fsp3) is 0.562. The highest BCUT2D eigenvalue weighted by atomic mass is 16.2. The van der Waals surface area contributed by atoms with E-state index in [9.17, 15) is 4.79 Å². The monoisotopic (exact) mass is 288 g/mol. The lowest BCUT2D eigenvalue weighted by Gasteiger charge is -2.39. The Morgan fingerprint density at radius 1 is 1.19 bits per heavy atom. The predicted octanol–water partition coefficient (Wildman–Crippen LogP) is 1.26. The Labute approximate surface area is 126 Å². The molecular formula is C16H24N4O. The van der Waals surface area contributed by atoms with Gasteiger partial charge >= 0.3 is 0 Å². The Morgan fingerprint density at radius 3 is 2.48 bits per heavy atom. The van der Waals surface area contributed by atoms with Gasteiger partial charge < -0.3 is 15.5 Å². The van der Waals surface area contributed by atoms with Gasteiger partial charge in [0.05, 0.1) is 0 Å². The maximum atomic E-state index is 12.2. The Morgan fingerprint density at radius 2 is 1.86 bits per heavy atom.